The van der Waals surface area contributed by atoms with Crippen LogP contribution in [0.2, 0.25) is 0 Å². The van der Waals surface area contributed by atoms with Gasteiger partial charge in [-0.15, -0.1) is 11.3 Å². The summed E-state index contributed by atoms with van der Waals surface area (Å²) in [5.74, 6) is 0. The van der Waals surface area contributed by atoms with E-state index in [0.29, 0.717) is 0 Å². The lowest BCUT2D eigenvalue weighted by Gasteiger charge is -2.32. The van der Waals surface area contributed by atoms with Gasteiger partial charge in [0.1, 0.15) is 0 Å². The van der Waals surface area contributed by atoms with Crippen molar-refractivity contribution in [1.29, 1.82) is 0 Å². The lowest BCUT2D eigenvalue weighted by Crippen LogP contribution is -2.26. The molecule has 3 heteroatoms. The largest absolute Gasteiger partial charge is 0.310 e. The van der Waals surface area contributed by atoms with Gasteiger partial charge in [0, 0.05) is 43.9 Å². The summed E-state index contributed by atoms with van der Waals surface area (Å²) in [4.78, 5) is 4.84. The highest BCUT2D eigenvalue weighted by Crippen LogP contribution is 2.64. The lowest BCUT2D eigenvalue weighted by atomic mass is 9.70. The maximum absolute atomic E-state index is 2.49. The lowest BCUT2D eigenvalue weighted by molar-refractivity contribution is 0.793. The first-order valence-electron chi connectivity index (χ1n) is 19.9. The van der Waals surface area contributed by atoms with Crippen LogP contribution in [0.3, 0.4) is 0 Å². The predicted molar refractivity (Wildman–Crippen MR) is 245 cm³/mol. The highest BCUT2D eigenvalue weighted by Gasteiger charge is 2.52. The van der Waals surface area contributed by atoms with Crippen molar-refractivity contribution in [3.63, 3.8) is 0 Å². The first-order chi connectivity index (χ1) is 28.8. The quantitative estimate of drug-likeness (QED) is 0.167. The highest BCUT2D eigenvalue weighted by atomic mass is 32.1. The third-order valence-corrected chi connectivity index (χ3v) is 13.4. The van der Waals surface area contributed by atoms with E-state index in [4.69, 9.17) is 0 Å². The molecule has 0 aliphatic heterocycles. The van der Waals surface area contributed by atoms with E-state index in [9.17, 15) is 0 Å². The second-order valence-corrected chi connectivity index (χ2v) is 16.3. The summed E-state index contributed by atoms with van der Waals surface area (Å²) in [5, 5.41) is 2.59. The van der Waals surface area contributed by atoms with Gasteiger partial charge in [-0.2, -0.15) is 0 Å². The Morgan fingerprint density at radius 1 is 0.310 bits per heavy atom. The van der Waals surface area contributed by atoms with Crippen LogP contribution in [-0.4, -0.2) is 0 Å². The number of fused-ring (bicyclic) bond motifs is 13. The second kappa shape index (κ2) is 12.9. The fourth-order valence-electron chi connectivity index (χ4n) is 9.91. The Kier molecular flexibility index (Phi) is 7.35. The van der Waals surface area contributed by atoms with Crippen LogP contribution in [0.1, 0.15) is 22.3 Å². The summed E-state index contributed by atoms with van der Waals surface area (Å²) in [6.07, 6.45) is 0. The van der Waals surface area contributed by atoms with E-state index in [1.54, 1.807) is 0 Å². The van der Waals surface area contributed by atoms with Gasteiger partial charge in [-0.1, -0.05) is 146 Å². The molecule has 0 fully saturated rings. The second-order valence-electron chi connectivity index (χ2n) is 15.2. The molecule has 1 heterocycles. The standard InChI is InChI=1S/C55H36N2S/c1-4-17-37(18-5-1)56(38-19-6-2-7-20-38)40-32-34-50-47(35-40)43-24-11-14-28-49(43)55(50)48-27-13-10-23-42(48)44-33-31-41(36-51(44)55)57(39-21-8-3-9-22-39)52-29-16-26-46-45-25-12-15-30-53(45)58-54(46)52/h1-36H. The first-order valence-corrected chi connectivity index (χ1v) is 20.8. The molecule has 2 aliphatic carbocycles. The molecule has 1 spiro atoms. The summed E-state index contributed by atoms with van der Waals surface area (Å²) in [7, 11) is 0. The monoisotopic (exact) mass is 756 g/mol. The van der Waals surface area contributed by atoms with Crippen molar-refractivity contribution < 1.29 is 0 Å². The van der Waals surface area contributed by atoms with Gasteiger partial charge in [0.05, 0.1) is 15.8 Å². The summed E-state index contributed by atoms with van der Waals surface area (Å²) < 4.78 is 2.59. The van der Waals surface area contributed by atoms with Crippen molar-refractivity contribution in [3.8, 4) is 22.3 Å². The van der Waals surface area contributed by atoms with Crippen LogP contribution in [0, 0.1) is 0 Å². The average molecular weight is 757 g/mol. The minimum absolute atomic E-state index is 0.497. The van der Waals surface area contributed by atoms with Crippen LogP contribution in [0.4, 0.5) is 34.1 Å². The van der Waals surface area contributed by atoms with Gasteiger partial charge in [-0.05, 0) is 117 Å². The smallest absolute Gasteiger partial charge is 0.0726 e. The number of para-hydroxylation sites is 3. The summed E-state index contributed by atoms with van der Waals surface area (Å²) in [5.41, 5.74) is 16.8. The number of hydrogen-bond acceptors (Lipinski definition) is 3. The average Bonchev–Trinajstić information content (AvgIpc) is 3.92. The van der Waals surface area contributed by atoms with Gasteiger partial charge >= 0.3 is 0 Å². The molecule has 0 amide bonds. The normalized spacial score (nSPS) is 14.6. The molecule has 1 atom stereocenters. The van der Waals surface area contributed by atoms with Gasteiger partial charge in [-0.25, -0.2) is 0 Å². The number of thiophene rings is 1. The Bertz CT molecular complexity index is 3150. The van der Waals surface area contributed by atoms with E-state index in [2.05, 4.69) is 228 Å². The van der Waals surface area contributed by atoms with Crippen LogP contribution in [-0.2, 0) is 5.41 Å². The third kappa shape index (κ3) is 4.71. The van der Waals surface area contributed by atoms with E-state index in [1.165, 1.54) is 70.4 Å². The Labute approximate surface area is 342 Å². The van der Waals surface area contributed by atoms with E-state index in [1.807, 2.05) is 11.3 Å². The molecule has 272 valence electrons. The van der Waals surface area contributed by atoms with Crippen molar-refractivity contribution in [2.75, 3.05) is 9.80 Å². The van der Waals surface area contributed by atoms with Crippen LogP contribution >= 0.6 is 11.3 Å². The summed E-state index contributed by atoms with van der Waals surface area (Å²) in [6.45, 7) is 0. The van der Waals surface area contributed by atoms with E-state index in [-0.39, 0.29) is 0 Å². The van der Waals surface area contributed by atoms with Gasteiger partial charge in [-0.3, -0.25) is 0 Å². The predicted octanol–water partition coefficient (Wildman–Crippen LogP) is 15.3. The van der Waals surface area contributed by atoms with Crippen molar-refractivity contribution in [2.45, 2.75) is 5.41 Å². The van der Waals surface area contributed by atoms with Crippen LogP contribution < -0.4 is 9.80 Å². The van der Waals surface area contributed by atoms with Gasteiger partial charge < -0.3 is 9.80 Å². The molecule has 0 saturated carbocycles. The maximum atomic E-state index is 2.49. The number of nitrogens with zero attached hydrogens (tertiary/aromatic N) is 2. The Hall–Kier alpha value is -7.20. The van der Waals surface area contributed by atoms with Crippen LogP contribution in [0.15, 0.2) is 218 Å². The zero-order chi connectivity index (χ0) is 38.2. The zero-order valence-corrected chi connectivity index (χ0v) is 32.4. The Balaban J connectivity index is 1.11. The van der Waals surface area contributed by atoms with Crippen LogP contribution in [0.5, 0.6) is 0 Å². The molecule has 10 aromatic rings. The molecule has 1 aromatic heterocycles. The van der Waals surface area contributed by atoms with Crippen molar-refractivity contribution in [1.82, 2.24) is 0 Å². The molecule has 0 bridgehead atoms. The van der Waals surface area contributed by atoms with Gasteiger partial charge in [0.15, 0.2) is 0 Å². The van der Waals surface area contributed by atoms with Crippen molar-refractivity contribution >= 4 is 65.6 Å². The molecule has 1 unspecified atom stereocenters. The van der Waals surface area contributed by atoms with Gasteiger partial charge in [0.25, 0.3) is 0 Å². The summed E-state index contributed by atoms with van der Waals surface area (Å²) in [6, 6.07) is 80.4. The molecule has 0 radical (unpaired) electrons. The minimum atomic E-state index is -0.497. The molecular formula is C55H36N2S. The topological polar surface area (TPSA) is 6.48 Å². The number of anilines is 6. The van der Waals surface area contributed by atoms with Gasteiger partial charge in [0.2, 0.25) is 0 Å². The molecule has 9 aromatic carbocycles. The third-order valence-electron chi connectivity index (χ3n) is 12.2. The highest BCUT2D eigenvalue weighted by molar-refractivity contribution is 7.26. The fourth-order valence-corrected chi connectivity index (χ4v) is 11.1. The minimum Gasteiger partial charge on any atom is -0.310 e. The SMILES string of the molecule is c1ccc(N(c2ccccc2)c2ccc3c(c2)-c2ccccc2C32c3ccccc3-c3ccc(N(c4ccccc4)c4cccc5c4sc4ccccc45)cc32)cc1. The molecule has 2 nitrogen and oxygen atoms in total. The molecular weight excluding hydrogens is 721 g/mol. The molecule has 12 rings (SSSR count). The van der Waals surface area contributed by atoms with Crippen molar-refractivity contribution in [3.05, 3.63) is 241 Å². The number of benzene rings is 9. The van der Waals surface area contributed by atoms with E-state index in [0.717, 1.165) is 28.4 Å². The number of rotatable bonds is 6. The first kappa shape index (κ1) is 33.0. The maximum Gasteiger partial charge on any atom is 0.0726 e. The summed E-state index contributed by atoms with van der Waals surface area (Å²) >= 11 is 1.88. The fraction of sp³-hybridized carbons (Fsp3) is 0.0182. The Morgan fingerprint density at radius 2 is 0.810 bits per heavy atom. The molecule has 58 heavy (non-hydrogen) atoms. The molecule has 2 aliphatic rings. The van der Waals surface area contributed by atoms with E-state index < -0.39 is 5.41 Å². The molecule has 0 N–H and O–H groups in total. The number of hydrogen-bond donors (Lipinski definition) is 0. The van der Waals surface area contributed by atoms with Crippen molar-refractivity contribution in [2.24, 2.45) is 0 Å². The van der Waals surface area contributed by atoms with Crippen LogP contribution in [0.25, 0.3) is 42.4 Å². The van der Waals surface area contributed by atoms with E-state index >= 15 is 0 Å². The molecule has 0 saturated heterocycles. The Morgan fingerprint density at radius 3 is 1.50 bits per heavy atom. The zero-order valence-electron chi connectivity index (χ0n) is 31.6.